The average molecular weight is 302 g/mol. The second kappa shape index (κ2) is 6.27. The van der Waals surface area contributed by atoms with E-state index in [-0.39, 0.29) is 17.8 Å². The van der Waals surface area contributed by atoms with Crippen molar-refractivity contribution < 1.29 is 9.18 Å². The van der Waals surface area contributed by atoms with E-state index in [1.165, 1.54) is 6.07 Å². The number of rotatable bonds is 3. The topological polar surface area (TPSA) is 59.0 Å². The quantitative estimate of drug-likeness (QED) is 0.916. The highest BCUT2D eigenvalue weighted by Crippen LogP contribution is 2.19. The minimum atomic E-state index is -0.336. The van der Waals surface area contributed by atoms with E-state index in [4.69, 9.17) is 0 Å². The number of amides is 1. The van der Waals surface area contributed by atoms with Gasteiger partial charge in [0.1, 0.15) is 5.82 Å². The van der Waals surface area contributed by atoms with Crippen molar-refractivity contribution in [2.75, 3.05) is 18.4 Å². The second-order valence-electron chi connectivity index (χ2n) is 5.55. The first-order chi connectivity index (χ1) is 10.6. The van der Waals surface area contributed by atoms with Gasteiger partial charge in [-0.25, -0.2) is 4.39 Å². The molecule has 1 atom stereocenters. The Kier molecular flexibility index (Phi) is 4.20. The Hall–Kier alpha value is -2.21. The van der Waals surface area contributed by atoms with Crippen molar-refractivity contribution in [1.29, 1.82) is 0 Å². The summed E-state index contributed by atoms with van der Waals surface area (Å²) in [6, 6.07) is 6.60. The van der Waals surface area contributed by atoms with Crippen molar-refractivity contribution >= 4 is 11.6 Å². The van der Waals surface area contributed by atoms with Gasteiger partial charge in [-0.1, -0.05) is 6.07 Å². The first-order valence-electron chi connectivity index (χ1n) is 7.47. The van der Waals surface area contributed by atoms with Gasteiger partial charge in [0.05, 0.1) is 6.04 Å². The summed E-state index contributed by atoms with van der Waals surface area (Å²) >= 11 is 0. The van der Waals surface area contributed by atoms with Crippen molar-refractivity contribution in [2.24, 2.45) is 0 Å². The first-order valence-corrected chi connectivity index (χ1v) is 7.47. The Labute approximate surface area is 128 Å². The lowest BCUT2D eigenvalue weighted by molar-refractivity contribution is 0.102. The highest BCUT2D eigenvalue weighted by atomic mass is 19.1. The smallest absolute Gasteiger partial charge is 0.276 e. The number of nitrogens with zero attached hydrogens (tertiary/aromatic N) is 2. The van der Waals surface area contributed by atoms with Crippen molar-refractivity contribution in [3.05, 3.63) is 47.5 Å². The van der Waals surface area contributed by atoms with E-state index in [0.29, 0.717) is 16.9 Å². The standard InChI is InChI=1S/C16H19FN4O/c1-11-13(17)5-2-6-14(11)19-16(22)15-7-9-21(20-15)12-4-3-8-18-10-12/h2,5-7,9,12,18H,3-4,8,10H2,1H3,(H,19,22). The molecule has 1 aromatic heterocycles. The molecule has 1 aliphatic heterocycles. The van der Waals surface area contributed by atoms with E-state index in [1.54, 1.807) is 25.1 Å². The molecule has 2 N–H and O–H groups in total. The summed E-state index contributed by atoms with van der Waals surface area (Å²) in [5.74, 6) is -0.659. The van der Waals surface area contributed by atoms with Gasteiger partial charge in [-0.05, 0) is 44.5 Å². The van der Waals surface area contributed by atoms with Crippen LogP contribution in [0.1, 0.15) is 34.9 Å². The molecule has 2 heterocycles. The lowest BCUT2D eigenvalue weighted by Gasteiger charge is -2.22. The molecule has 5 nitrogen and oxygen atoms in total. The molecular weight excluding hydrogens is 283 g/mol. The van der Waals surface area contributed by atoms with Crippen LogP contribution in [-0.2, 0) is 0 Å². The lowest BCUT2D eigenvalue weighted by Crippen LogP contribution is -2.32. The maximum absolute atomic E-state index is 13.5. The molecule has 1 amide bonds. The first kappa shape index (κ1) is 14.7. The minimum absolute atomic E-state index is 0.284. The predicted octanol–water partition coefficient (Wildman–Crippen LogP) is 2.51. The number of nitrogens with one attached hydrogen (secondary N) is 2. The zero-order valence-corrected chi connectivity index (χ0v) is 12.5. The summed E-state index contributed by atoms with van der Waals surface area (Å²) in [5, 5.41) is 10.4. The highest BCUT2D eigenvalue weighted by molar-refractivity contribution is 6.03. The lowest BCUT2D eigenvalue weighted by atomic mass is 10.1. The van der Waals surface area contributed by atoms with Gasteiger partial charge in [-0.15, -0.1) is 0 Å². The predicted molar refractivity (Wildman–Crippen MR) is 82.5 cm³/mol. The molecular formula is C16H19FN4O. The van der Waals surface area contributed by atoms with E-state index < -0.39 is 0 Å². The summed E-state index contributed by atoms with van der Waals surface area (Å²) in [4.78, 5) is 12.2. The third kappa shape index (κ3) is 3.01. The molecule has 6 heteroatoms. The second-order valence-corrected chi connectivity index (χ2v) is 5.55. The molecule has 3 rings (SSSR count). The van der Waals surface area contributed by atoms with Crippen LogP contribution in [0.2, 0.25) is 0 Å². The Morgan fingerprint density at radius 2 is 2.32 bits per heavy atom. The summed E-state index contributed by atoms with van der Waals surface area (Å²) in [7, 11) is 0. The number of carbonyl (C=O) groups excluding carboxylic acids is 1. The number of benzene rings is 1. The molecule has 1 fully saturated rings. The average Bonchev–Trinajstić information content (AvgIpc) is 3.03. The van der Waals surface area contributed by atoms with Crippen LogP contribution in [0.5, 0.6) is 0 Å². The number of carbonyl (C=O) groups is 1. The monoisotopic (exact) mass is 302 g/mol. The van der Waals surface area contributed by atoms with Crippen molar-refractivity contribution in [1.82, 2.24) is 15.1 Å². The van der Waals surface area contributed by atoms with Crippen LogP contribution in [0.25, 0.3) is 0 Å². The summed E-state index contributed by atoms with van der Waals surface area (Å²) in [5.41, 5.74) is 1.24. The van der Waals surface area contributed by atoms with Gasteiger partial charge in [0.15, 0.2) is 5.69 Å². The zero-order chi connectivity index (χ0) is 15.5. The van der Waals surface area contributed by atoms with Crippen LogP contribution in [0.15, 0.2) is 30.5 Å². The highest BCUT2D eigenvalue weighted by Gasteiger charge is 2.18. The third-order valence-corrected chi connectivity index (χ3v) is 4.00. The number of hydrogen-bond donors (Lipinski definition) is 2. The molecule has 0 saturated carbocycles. The van der Waals surface area contributed by atoms with E-state index in [9.17, 15) is 9.18 Å². The largest absolute Gasteiger partial charge is 0.320 e. The molecule has 22 heavy (non-hydrogen) atoms. The minimum Gasteiger partial charge on any atom is -0.320 e. The van der Waals surface area contributed by atoms with Gasteiger partial charge in [0.2, 0.25) is 0 Å². The van der Waals surface area contributed by atoms with E-state index in [0.717, 1.165) is 25.9 Å². The van der Waals surface area contributed by atoms with E-state index in [1.807, 2.05) is 10.9 Å². The van der Waals surface area contributed by atoms with Crippen LogP contribution < -0.4 is 10.6 Å². The fourth-order valence-corrected chi connectivity index (χ4v) is 2.65. The van der Waals surface area contributed by atoms with Crippen molar-refractivity contribution in [2.45, 2.75) is 25.8 Å². The Morgan fingerprint density at radius 1 is 1.45 bits per heavy atom. The van der Waals surface area contributed by atoms with Gasteiger partial charge < -0.3 is 10.6 Å². The number of anilines is 1. The summed E-state index contributed by atoms with van der Waals surface area (Å²) in [6.45, 7) is 3.53. The Morgan fingerprint density at radius 3 is 3.09 bits per heavy atom. The molecule has 0 aliphatic carbocycles. The van der Waals surface area contributed by atoms with Crippen LogP contribution in [0.4, 0.5) is 10.1 Å². The van der Waals surface area contributed by atoms with Crippen LogP contribution in [-0.4, -0.2) is 28.8 Å². The zero-order valence-electron chi connectivity index (χ0n) is 12.5. The number of halogens is 1. The summed E-state index contributed by atoms with van der Waals surface area (Å²) < 4.78 is 15.3. The van der Waals surface area contributed by atoms with Gasteiger partial charge in [-0.2, -0.15) is 5.10 Å². The van der Waals surface area contributed by atoms with Gasteiger partial charge in [-0.3, -0.25) is 9.48 Å². The normalized spacial score (nSPS) is 18.2. The maximum atomic E-state index is 13.5. The fourth-order valence-electron chi connectivity index (χ4n) is 2.65. The molecule has 0 bridgehead atoms. The SMILES string of the molecule is Cc1c(F)cccc1NC(=O)c1ccn(C2CCCNC2)n1. The van der Waals surface area contributed by atoms with Crippen LogP contribution in [0.3, 0.4) is 0 Å². The van der Waals surface area contributed by atoms with Crippen molar-refractivity contribution in [3.8, 4) is 0 Å². The van der Waals surface area contributed by atoms with Crippen LogP contribution >= 0.6 is 0 Å². The molecule has 0 radical (unpaired) electrons. The van der Waals surface area contributed by atoms with E-state index in [2.05, 4.69) is 15.7 Å². The molecule has 1 aromatic carbocycles. The summed E-state index contributed by atoms with van der Waals surface area (Å²) in [6.07, 6.45) is 3.98. The van der Waals surface area contributed by atoms with Crippen LogP contribution in [0, 0.1) is 12.7 Å². The third-order valence-electron chi connectivity index (χ3n) is 4.00. The van der Waals surface area contributed by atoms with Gasteiger partial charge in [0.25, 0.3) is 5.91 Å². The van der Waals surface area contributed by atoms with Gasteiger partial charge >= 0.3 is 0 Å². The maximum Gasteiger partial charge on any atom is 0.276 e. The van der Waals surface area contributed by atoms with Gasteiger partial charge in [0, 0.05) is 24.0 Å². The molecule has 1 unspecified atom stereocenters. The number of aromatic nitrogens is 2. The Balaban J connectivity index is 1.72. The molecule has 1 saturated heterocycles. The fraction of sp³-hybridized carbons (Fsp3) is 0.375. The Bertz CT molecular complexity index is 677. The number of hydrogen-bond acceptors (Lipinski definition) is 3. The molecule has 0 spiro atoms. The molecule has 116 valence electrons. The molecule has 1 aliphatic rings. The van der Waals surface area contributed by atoms with Crippen molar-refractivity contribution in [3.63, 3.8) is 0 Å². The van der Waals surface area contributed by atoms with E-state index >= 15 is 0 Å². The molecule has 2 aromatic rings. The number of piperidine rings is 1.